The van der Waals surface area contributed by atoms with Gasteiger partial charge < -0.3 is 11.1 Å². The first-order valence-corrected chi connectivity index (χ1v) is 9.24. The van der Waals surface area contributed by atoms with Crippen molar-refractivity contribution in [2.45, 2.75) is 11.7 Å². The number of thioether (sulfide) groups is 1. The molecule has 2 rings (SSSR count). The van der Waals surface area contributed by atoms with E-state index >= 15 is 0 Å². The molecule has 1 aromatic carbocycles. The molecule has 1 heterocycles. The molecular formula is C13H16N2O4S2. The van der Waals surface area contributed by atoms with Crippen LogP contribution >= 0.6 is 11.8 Å². The summed E-state index contributed by atoms with van der Waals surface area (Å²) in [4.78, 5) is 22.7. The normalized spacial score (nSPS) is 20.1. The molecule has 0 aromatic heterocycles. The largest absolute Gasteiger partial charge is 0.366 e. The Balaban J connectivity index is 1.81. The van der Waals surface area contributed by atoms with E-state index in [-0.39, 0.29) is 28.4 Å². The molecule has 0 unspecified atom stereocenters. The second kappa shape index (κ2) is 6.48. The lowest BCUT2D eigenvalue weighted by molar-refractivity contribution is -0.113. The third-order valence-corrected chi connectivity index (χ3v) is 6.38. The molecule has 0 bridgehead atoms. The maximum absolute atomic E-state index is 11.8. The Morgan fingerprint density at radius 3 is 2.48 bits per heavy atom. The highest BCUT2D eigenvalue weighted by Crippen LogP contribution is 2.24. The van der Waals surface area contributed by atoms with Crippen molar-refractivity contribution in [3.63, 3.8) is 0 Å². The van der Waals surface area contributed by atoms with Gasteiger partial charge in [-0.15, -0.1) is 11.8 Å². The van der Waals surface area contributed by atoms with Gasteiger partial charge in [0.25, 0.3) is 0 Å². The van der Waals surface area contributed by atoms with E-state index in [1.165, 1.54) is 23.9 Å². The molecule has 0 radical (unpaired) electrons. The van der Waals surface area contributed by atoms with Gasteiger partial charge in [-0.2, -0.15) is 0 Å². The van der Waals surface area contributed by atoms with Crippen LogP contribution in [0.5, 0.6) is 0 Å². The van der Waals surface area contributed by atoms with E-state index in [1.807, 2.05) is 0 Å². The quantitative estimate of drug-likeness (QED) is 0.825. The van der Waals surface area contributed by atoms with Crippen LogP contribution in [0, 0.1) is 0 Å². The monoisotopic (exact) mass is 328 g/mol. The number of primary amides is 1. The van der Waals surface area contributed by atoms with Crippen LogP contribution in [0.25, 0.3) is 0 Å². The molecule has 1 atom stereocenters. The minimum absolute atomic E-state index is 0.00186. The SMILES string of the molecule is NC(=O)c1ccc(NC(=O)CS[C@H]2CCS(=O)(=O)C2)cc1. The fourth-order valence-electron chi connectivity index (χ4n) is 2.00. The van der Waals surface area contributed by atoms with Crippen LogP contribution < -0.4 is 11.1 Å². The molecule has 0 saturated carbocycles. The topological polar surface area (TPSA) is 106 Å². The van der Waals surface area contributed by atoms with Gasteiger partial charge in [0.1, 0.15) is 0 Å². The van der Waals surface area contributed by atoms with Crippen molar-refractivity contribution < 1.29 is 18.0 Å². The van der Waals surface area contributed by atoms with E-state index in [4.69, 9.17) is 5.73 Å². The average molecular weight is 328 g/mol. The molecule has 1 aliphatic rings. The Morgan fingerprint density at radius 2 is 1.95 bits per heavy atom. The lowest BCUT2D eigenvalue weighted by atomic mass is 10.2. The first-order valence-electron chi connectivity index (χ1n) is 6.37. The Labute approximate surface area is 127 Å². The van der Waals surface area contributed by atoms with Crippen LogP contribution in [-0.4, -0.2) is 42.7 Å². The summed E-state index contributed by atoms with van der Waals surface area (Å²) in [6, 6.07) is 6.27. The summed E-state index contributed by atoms with van der Waals surface area (Å²) in [5, 5.41) is 2.69. The second-order valence-electron chi connectivity index (χ2n) is 4.83. The number of rotatable bonds is 5. The fraction of sp³-hybridized carbons (Fsp3) is 0.385. The minimum Gasteiger partial charge on any atom is -0.366 e. The van der Waals surface area contributed by atoms with Crippen molar-refractivity contribution in [1.29, 1.82) is 0 Å². The van der Waals surface area contributed by atoms with Crippen LogP contribution in [0.3, 0.4) is 0 Å². The Morgan fingerprint density at radius 1 is 1.29 bits per heavy atom. The standard InChI is InChI=1S/C13H16N2O4S2/c14-13(17)9-1-3-10(4-2-9)15-12(16)7-20-11-5-6-21(18,19)8-11/h1-4,11H,5-8H2,(H2,14,17)(H,15,16)/t11-/m0/s1. The molecule has 3 N–H and O–H groups in total. The summed E-state index contributed by atoms with van der Waals surface area (Å²) >= 11 is 1.36. The number of anilines is 1. The van der Waals surface area contributed by atoms with Crippen molar-refractivity contribution in [1.82, 2.24) is 0 Å². The predicted molar refractivity (Wildman–Crippen MR) is 83.1 cm³/mol. The Bertz CT molecular complexity index is 641. The third kappa shape index (κ3) is 4.75. The first-order chi connectivity index (χ1) is 9.85. The van der Waals surface area contributed by atoms with Crippen molar-refractivity contribution in [2.75, 3.05) is 22.6 Å². The number of amides is 2. The number of benzene rings is 1. The Hall–Kier alpha value is -1.54. The summed E-state index contributed by atoms with van der Waals surface area (Å²) in [5.41, 5.74) is 6.07. The zero-order chi connectivity index (χ0) is 15.5. The predicted octanol–water partition coefficient (Wildman–Crippen LogP) is 0.644. The van der Waals surface area contributed by atoms with Gasteiger partial charge in [0, 0.05) is 16.5 Å². The van der Waals surface area contributed by atoms with E-state index in [1.54, 1.807) is 12.1 Å². The van der Waals surface area contributed by atoms with Crippen molar-refractivity contribution in [3.8, 4) is 0 Å². The molecule has 2 amide bonds. The van der Waals surface area contributed by atoms with Crippen LogP contribution in [0.1, 0.15) is 16.8 Å². The van der Waals surface area contributed by atoms with Crippen LogP contribution in [0.15, 0.2) is 24.3 Å². The van der Waals surface area contributed by atoms with Gasteiger partial charge in [0.2, 0.25) is 11.8 Å². The molecule has 114 valence electrons. The van der Waals surface area contributed by atoms with E-state index in [2.05, 4.69) is 5.32 Å². The van der Waals surface area contributed by atoms with Gasteiger partial charge in [0.15, 0.2) is 9.84 Å². The number of carbonyl (C=O) groups is 2. The van der Waals surface area contributed by atoms with E-state index < -0.39 is 15.7 Å². The van der Waals surface area contributed by atoms with Crippen LogP contribution in [0.4, 0.5) is 5.69 Å². The number of nitrogens with two attached hydrogens (primary N) is 1. The molecule has 0 aliphatic carbocycles. The number of sulfone groups is 1. The first kappa shape index (κ1) is 15.8. The van der Waals surface area contributed by atoms with Gasteiger partial charge >= 0.3 is 0 Å². The van der Waals surface area contributed by atoms with Crippen molar-refractivity contribution in [3.05, 3.63) is 29.8 Å². The lowest BCUT2D eigenvalue weighted by Crippen LogP contribution is -2.17. The Kier molecular flexibility index (Phi) is 4.89. The van der Waals surface area contributed by atoms with Crippen LogP contribution in [-0.2, 0) is 14.6 Å². The van der Waals surface area contributed by atoms with Crippen molar-refractivity contribution in [2.24, 2.45) is 5.73 Å². The van der Waals surface area contributed by atoms with Crippen molar-refractivity contribution >= 4 is 39.1 Å². The molecule has 21 heavy (non-hydrogen) atoms. The zero-order valence-electron chi connectivity index (χ0n) is 11.2. The highest BCUT2D eigenvalue weighted by molar-refractivity contribution is 8.02. The van der Waals surface area contributed by atoms with Gasteiger partial charge in [-0.1, -0.05) is 0 Å². The average Bonchev–Trinajstić information content (AvgIpc) is 2.77. The van der Waals surface area contributed by atoms with Gasteiger partial charge in [0.05, 0.1) is 17.3 Å². The van der Waals surface area contributed by atoms with Gasteiger partial charge in [-0.05, 0) is 30.7 Å². The highest BCUT2D eigenvalue weighted by Gasteiger charge is 2.28. The molecule has 1 aromatic rings. The zero-order valence-corrected chi connectivity index (χ0v) is 12.9. The lowest BCUT2D eigenvalue weighted by Gasteiger charge is -2.08. The maximum Gasteiger partial charge on any atom is 0.248 e. The summed E-state index contributed by atoms with van der Waals surface area (Å²) in [7, 11) is -2.91. The fourth-order valence-corrected chi connectivity index (χ4v) is 5.44. The number of carbonyl (C=O) groups excluding carboxylic acids is 2. The van der Waals surface area contributed by atoms with Gasteiger partial charge in [-0.25, -0.2) is 8.42 Å². The van der Waals surface area contributed by atoms with E-state index in [0.29, 0.717) is 17.7 Å². The smallest absolute Gasteiger partial charge is 0.248 e. The highest BCUT2D eigenvalue weighted by atomic mass is 32.2. The van der Waals surface area contributed by atoms with E-state index in [9.17, 15) is 18.0 Å². The number of nitrogens with one attached hydrogen (secondary N) is 1. The summed E-state index contributed by atoms with van der Waals surface area (Å²) in [6.45, 7) is 0. The number of hydrogen-bond donors (Lipinski definition) is 2. The molecule has 8 heteroatoms. The summed E-state index contributed by atoms with van der Waals surface area (Å²) < 4.78 is 22.6. The molecule has 1 aliphatic heterocycles. The molecule has 1 saturated heterocycles. The second-order valence-corrected chi connectivity index (χ2v) is 8.34. The summed E-state index contributed by atoms with van der Waals surface area (Å²) in [6.07, 6.45) is 0.605. The van der Waals surface area contributed by atoms with E-state index in [0.717, 1.165) is 0 Å². The molecule has 0 spiro atoms. The maximum atomic E-state index is 11.8. The molecular weight excluding hydrogens is 312 g/mol. The number of hydrogen-bond acceptors (Lipinski definition) is 5. The molecule has 6 nitrogen and oxygen atoms in total. The minimum atomic E-state index is -2.91. The van der Waals surface area contributed by atoms with Gasteiger partial charge in [-0.3, -0.25) is 9.59 Å². The third-order valence-electron chi connectivity index (χ3n) is 3.09. The van der Waals surface area contributed by atoms with Crippen LogP contribution in [0.2, 0.25) is 0 Å². The molecule has 1 fully saturated rings. The summed E-state index contributed by atoms with van der Waals surface area (Å²) in [5.74, 6) is -0.154.